The Labute approximate surface area is 92.5 Å². The molecular formula is C7H14N2O5Se. The summed E-state index contributed by atoms with van der Waals surface area (Å²) in [5.41, 5.74) is 5.17. The number of rotatable bonds is 3. The Morgan fingerprint density at radius 3 is 2.33 bits per heavy atom. The molecule has 15 heavy (non-hydrogen) atoms. The summed E-state index contributed by atoms with van der Waals surface area (Å²) in [6.45, 7) is -0.463. The van der Waals surface area contributed by atoms with Crippen molar-refractivity contribution in [2.75, 3.05) is 6.61 Å². The van der Waals surface area contributed by atoms with E-state index < -0.39 is 51.0 Å². The summed E-state index contributed by atoms with van der Waals surface area (Å²) in [7, 11) is 0. The molecule has 1 fully saturated rings. The molecular weight excluding hydrogens is 271 g/mol. The summed E-state index contributed by atoms with van der Waals surface area (Å²) in [4.78, 5) is 0. The first-order valence-corrected chi connectivity index (χ1v) is 6.13. The molecule has 5 unspecified atom stereocenters. The molecule has 0 radical (unpaired) electrons. The molecule has 1 saturated heterocycles. The van der Waals surface area contributed by atoms with Gasteiger partial charge < -0.3 is 0 Å². The number of hydrogen-bond acceptors (Lipinski definition) is 6. The van der Waals surface area contributed by atoms with E-state index in [1.54, 1.807) is 0 Å². The SMILES string of the molecule is N=C(N)[Se]C1OC(CO)C(O)C(O)C1O. The molecule has 0 aliphatic carbocycles. The van der Waals surface area contributed by atoms with Crippen molar-refractivity contribution in [2.45, 2.75) is 29.4 Å². The molecule has 0 aromatic carbocycles. The Morgan fingerprint density at radius 2 is 1.87 bits per heavy atom. The Kier molecular flexibility index (Phi) is 4.47. The fourth-order valence-electron chi connectivity index (χ4n) is 1.29. The van der Waals surface area contributed by atoms with Gasteiger partial charge in [-0.25, -0.2) is 0 Å². The fourth-order valence-corrected chi connectivity index (χ4v) is 2.86. The van der Waals surface area contributed by atoms with Gasteiger partial charge in [0.2, 0.25) is 0 Å². The van der Waals surface area contributed by atoms with Crippen LogP contribution < -0.4 is 5.73 Å². The van der Waals surface area contributed by atoms with Gasteiger partial charge in [0.15, 0.2) is 0 Å². The molecule has 0 bridgehead atoms. The quantitative estimate of drug-likeness (QED) is 0.180. The van der Waals surface area contributed by atoms with E-state index in [1.165, 1.54) is 0 Å². The number of aliphatic hydroxyl groups excluding tert-OH is 4. The van der Waals surface area contributed by atoms with E-state index in [-0.39, 0.29) is 4.73 Å². The standard InChI is InChI=1S/C7H14N2O5Se/c8-7(9)15-6-5(13)4(12)3(11)2(1-10)14-6/h2-6,10-13H,1H2,(H3,8,9). The summed E-state index contributed by atoms with van der Waals surface area (Å²) < 4.78 is 5.01. The van der Waals surface area contributed by atoms with Crippen LogP contribution in [0.25, 0.3) is 0 Å². The van der Waals surface area contributed by atoms with E-state index in [0.29, 0.717) is 0 Å². The molecule has 88 valence electrons. The normalized spacial score (nSPS) is 41.5. The van der Waals surface area contributed by atoms with Gasteiger partial charge in [0.05, 0.1) is 0 Å². The minimum absolute atomic E-state index is 0.133. The summed E-state index contributed by atoms with van der Waals surface area (Å²) in [5.74, 6) is 0. The molecule has 8 heteroatoms. The number of ether oxygens (including phenoxy) is 1. The third-order valence-electron chi connectivity index (χ3n) is 2.09. The van der Waals surface area contributed by atoms with Gasteiger partial charge in [-0.1, -0.05) is 0 Å². The van der Waals surface area contributed by atoms with Crippen molar-refractivity contribution in [1.29, 1.82) is 5.41 Å². The summed E-state index contributed by atoms with van der Waals surface area (Å²) in [5, 5.41) is 43.5. The third-order valence-corrected chi connectivity index (χ3v) is 3.93. The van der Waals surface area contributed by atoms with Gasteiger partial charge in [-0.05, 0) is 0 Å². The Bertz CT molecular complexity index is 239. The van der Waals surface area contributed by atoms with Gasteiger partial charge in [0, 0.05) is 0 Å². The monoisotopic (exact) mass is 286 g/mol. The van der Waals surface area contributed by atoms with Crippen LogP contribution in [-0.2, 0) is 4.74 Å². The molecule has 5 atom stereocenters. The van der Waals surface area contributed by atoms with E-state index >= 15 is 0 Å². The van der Waals surface area contributed by atoms with Crippen molar-refractivity contribution >= 4 is 19.7 Å². The Hall–Kier alpha value is -0.211. The molecule has 0 spiro atoms. The van der Waals surface area contributed by atoms with Crippen molar-refractivity contribution in [3.8, 4) is 0 Å². The molecule has 1 rings (SSSR count). The van der Waals surface area contributed by atoms with Crippen LogP contribution in [0.1, 0.15) is 0 Å². The predicted octanol–water partition coefficient (Wildman–Crippen LogP) is -3.62. The second kappa shape index (κ2) is 5.22. The van der Waals surface area contributed by atoms with Crippen LogP contribution >= 0.6 is 0 Å². The zero-order valence-corrected chi connectivity index (χ0v) is 9.49. The summed E-state index contributed by atoms with van der Waals surface area (Å²) in [6.07, 6.45) is -4.95. The zero-order chi connectivity index (χ0) is 11.6. The molecule has 0 amide bonds. The van der Waals surface area contributed by atoms with Crippen molar-refractivity contribution in [2.24, 2.45) is 5.73 Å². The van der Waals surface area contributed by atoms with Crippen molar-refractivity contribution < 1.29 is 25.2 Å². The minimum atomic E-state index is -1.39. The summed E-state index contributed by atoms with van der Waals surface area (Å²) >= 11 is -0.631. The maximum atomic E-state index is 9.52. The van der Waals surface area contributed by atoms with Crippen LogP contribution in [0.4, 0.5) is 0 Å². The first-order chi connectivity index (χ1) is 6.97. The maximum absolute atomic E-state index is 9.52. The number of hydrogen-bond donors (Lipinski definition) is 6. The number of amidine groups is 1. The van der Waals surface area contributed by atoms with E-state index in [9.17, 15) is 15.3 Å². The second-order valence-electron chi connectivity index (χ2n) is 3.18. The van der Waals surface area contributed by atoms with Gasteiger partial charge in [0.1, 0.15) is 0 Å². The van der Waals surface area contributed by atoms with E-state index in [4.69, 9.17) is 21.0 Å². The van der Waals surface area contributed by atoms with E-state index in [0.717, 1.165) is 0 Å². The van der Waals surface area contributed by atoms with Crippen LogP contribution in [0.15, 0.2) is 0 Å². The van der Waals surface area contributed by atoms with Gasteiger partial charge in [-0.3, -0.25) is 0 Å². The topological polar surface area (TPSA) is 140 Å². The number of nitrogens with one attached hydrogen (secondary N) is 1. The van der Waals surface area contributed by atoms with Crippen LogP contribution in [0, 0.1) is 5.41 Å². The van der Waals surface area contributed by atoms with Crippen molar-refractivity contribution in [3.05, 3.63) is 0 Å². The van der Waals surface area contributed by atoms with Crippen LogP contribution in [0.5, 0.6) is 0 Å². The van der Waals surface area contributed by atoms with Crippen LogP contribution in [-0.4, -0.2) is 76.1 Å². The number of aliphatic hydroxyl groups is 4. The summed E-state index contributed by atoms with van der Waals surface area (Å²) in [6, 6.07) is 0. The molecule has 1 heterocycles. The first-order valence-electron chi connectivity index (χ1n) is 4.28. The van der Waals surface area contributed by atoms with Crippen molar-refractivity contribution in [1.82, 2.24) is 0 Å². The molecule has 1 aliphatic rings. The first kappa shape index (κ1) is 12.9. The van der Waals surface area contributed by atoms with Gasteiger partial charge in [0.25, 0.3) is 0 Å². The van der Waals surface area contributed by atoms with Gasteiger partial charge in [-0.2, -0.15) is 0 Å². The fraction of sp³-hybridized carbons (Fsp3) is 0.857. The zero-order valence-electron chi connectivity index (χ0n) is 7.78. The van der Waals surface area contributed by atoms with E-state index in [1.807, 2.05) is 0 Å². The van der Waals surface area contributed by atoms with Gasteiger partial charge in [-0.15, -0.1) is 0 Å². The Morgan fingerprint density at radius 1 is 1.27 bits per heavy atom. The second-order valence-corrected chi connectivity index (χ2v) is 5.57. The Balaban J connectivity index is 2.69. The molecule has 1 aliphatic heterocycles. The number of nitrogens with two attached hydrogens (primary N) is 1. The van der Waals surface area contributed by atoms with Gasteiger partial charge >= 0.3 is 92.0 Å². The molecule has 7 nitrogen and oxygen atoms in total. The molecule has 0 aromatic rings. The average molecular weight is 285 g/mol. The third kappa shape index (κ3) is 2.88. The van der Waals surface area contributed by atoms with Crippen molar-refractivity contribution in [3.63, 3.8) is 0 Å². The molecule has 0 aromatic heterocycles. The van der Waals surface area contributed by atoms with E-state index in [2.05, 4.69) is 0 Å². The predicted molar refractivity (Wildman–Crippen MR) is 51.4 cm³/mol. The van der Waals surface area contributed by atoms with Crippen LogP contribution in [0.3, 0.4) is 0 Å². The molecule has 0 saturated carbocycles. The average Bonchev–Trinajstić information content (AvgIpc) is 2.18. The molecule has 7 N–H and O–H groups in total. The van der Waals surface area contributed by atoms with Crippen LogP contribution in [0.2, 0.25) is 0 Å².